The van der Waals surface area contributed by atoms with Crippen LogP contribution in [0.1, 0.15) is 5.89 Å². The topological polar surface area (TPSA) is 38.9 Å². The number of rotatable bonds is 0. The number of halogens is 1. The Hall–Kier alpha value is -1.45. The Labute approximate surface area is 61.9 Å². The van der Waals surface area contributed by atoms with Crippen LogP contribution in [0.4, 0.5) is 4.39 Å². The third kappa shape index (κ3) is 0.960. The number of nitrogens with zero attached hydrogens (tertiary/aromatic N) is 2. The lowest BCUT2D eigenvalue weighted by Gasteiger charge is -1.83. The second-order valence-corrected chi connectivity index (χ2v) is 2.21. The fraction of sp³-hybridized carbons (Fsp3) is 0.143. The molecular weight excluding hydrogens is 147 g/mol. The molecule has 3 nitrogen and oxygen atoms in total. The monoisotopic (exact) mass is 152 g/mol. The molecule has 0 N–H and O–H groups in total. The van der Waals surface area contributed by atoms with E-state index in [4.69, 9.17) is 4.42 Å². The van der Waals surface area contributed by atoms with Gasteiger partial charge in [-0.25, -0.2) is 9.37 Å². The number of aromatic nitrogens is 2. The molecule has 0 aliphatic heterocycles. The van der Waals surface area contributed by atoms with Crippen LogP contribution in [0.25, 0.3) is 11.2 Å². The van der Waals surface area contributed by atoms with Crippen LogP contribution in [-0.2, 0) is 0 Å². The zero-order valence-electron chi connectivity index (χ0n) is 5.84. The van der Waals surface area contributed by atoms with Gasteiger partial charge in [-0.3, -0.25) is 0 Å². The van der Waals surface area contributed by atoms with Crippen LogP contribution in [0, 0.1) is 12.7 Å². The first-order valence-electron chi connectivity index (χ1n) is 3.14. The maximum Gasteiger partial charge on any atom is 0.198 e. The first-order chi connectivity index (χ1) is 5.25. The van der Waals surface area contributed by atoms with Gasteiger partial charge in [-0.15, -0.1) is 0 Å². The molecule has 0 saturated heterocycles. The standard InChI is InChI=1S/C7H5FN2O/c1-4-10-7-6(11-4)2-5(8)3-9-7/h2-3H,1H3. The second kappa shape index (κ2) is 2.02. The molecule has 56 valence electrons. The molecule has 0 aromatic carbocycles. The fourth-order valence-electron chi connectivity index (χ4n) is 0.904. The van der Waals surface area contributed by atoms with Gasteiger partial charge in [0.15, 0.2) is 17.1 Å². The quantitative estimate of drug-likeness (QED) is 0.576. The van der Waals surface area contributed by atoms with E-state index in [0.717, 1.165) is 6.20 Å². The van der Waals surface area contributed by atoms with Crippen molar-refractivity contribution >= 4 is 11.2 Å². The molecule has 0 spiro atoms. The van der Waals surface area contributed by atoms with Crippen LogP contribution in [0.2, 0.25) is 0 Å². The summed E-state index contributed by atoms with van der Waals surface area (Å²) in [5.41, 5.74) is 0.839. The number of oxazole rings is 1. The Morgan fingerprint density at radius 3 is 3.18 bits per heavy atom. The molecule has 11 heavy (non-hydrogen) atoms. The number of hydrogen-bond donors (Lipinski definition) is 0. The lowest BCUT2D eigenvalue weighted by molar-refractivity contribution is 0.555. The van der Waals surface area contributed by atoms with Crippen molar-refractivity contribution in [2.45, 2.75) is 6.92 Å². The van der Waals surface area contributed by atoms with E-state index in [2.05, 4.69) is 9.97 Å². The summed E-state index contributed by atoms with van der Waals surface area (Å²) < 4.78 is 17.5. The third-order valence-corrected chi connectivity index (χ3v) is 1.32. The zero-order chi connectivity index (χ0) is 7.84. The number of hydrogen-bond acceptors (Lipinski definition) is 3. The van der Waals surface area contributed by atoms with Gasteiger partial charge < -0.3 is 4.42 Å². The molecule has 0 atom stereocenters. The SMILES string of the molecule is Cc1nc2ncc(F)cc2o1. The van der Waals surface area contributed by atoms with E-state index < -0.39 is 5.82 Å². The van der Waals surface area contributed by atoms with Crippen LogP contribution in [0.5, 0.6) is 0 Å². The highest BCUT2D eigenvalue weighted by atomic mass is 19.1. The van der Waals surface area contributed by atoms with E-state index in [9.17, 15) is 4.39 Å². The highest BCUT2D eigenvalue weighted by molar-refractivity contribution is 5.66. The minimum Gasteiger partial charge on any atom is -0.439 e. The zero-order valence-corrected chi connectivity index (χ0v) is 5.84. The molecule has 0 bridgehead atoms. The fourth-order valence-corrected chi connectivity index (χ4v) is 0.904. The minimum absolute atomic E-state index is 0.391. The largest absolute Gasteiger partial charge is 0.439 e. The molecule has 2 aromatic heterocycles. The van der Waals surface area contributed by atoms with Crippen molar-refractivity contribution in [3.63, 3.8) is 0 Å². The van der Waals surface area contributed by atoms with Crippen molar-refractivity contribution in [2.75, 3.05) is 0 Å². The molecule has 0 fully saturated rings. The van der Waals surface area contributed by atoms with Crippen LogP contribution in [0.15, 0.2) is 16.7 Å². The first-order valence-corrected chi connectivity index (χ1v) is 3.14. The number of pyridine rings is 1. The van der Waals surface area contributed by atoms with E-state index in [0.29, 0.717) is 17.1 Å². The summed E-state index contributed by atoms with van der Waals surface area (Å²) in [5, 5.41) is 0. The summed E-state index contributed by atoms with van der Waals surface area (Å²) in [6, 6.07) is 1.27. The molecule has 0 unspecified atom stereocenters. The van der Waals surface area contributed by atoms with Gasteiger partial charge in [0.25, 0.3) is 0 Å². The lowest BCUT2D eigenvalue weighted by Crippen LogP contribution is -1.78. The van der Waals surface area contributed by atoms with Gasteiger partial charge in [0.05, 0.1) is 6.20 Å². The Kier molecular flexibility index (Phi) is 1.15. The highest BCUT2D eigenvalue weighted by Gasteiger charge is 2.02. The van der Waals surface area contributed by atoms with Crippen molar-refractivity contribution in [2.24, 2.45) is 0 Å². The molecule has 2 aromatic rings. The van der Waals surface area contributed by atoms with Crippen molar-refractivity contribution in [3.8, 4) is 0 Å². The van der Waals surface area contributed by atoms with Gasteiger partial charge in [0.2, 0.25) is 0 Å². The predicted octanol–water partition coefficient (Wildman–Crippen LogP) is 1.67. The molecule has 2 rings (SSSR count). The summed E-state index contributed by atoms with van der Waals surface area (Å²) >= 11 is 0. The van der Waals surface area contributed by atoms with E-state index >= 15 is 0 Å². The van der Waals surface area contributed by atoms with Crippen molar-refractivity contribution < 1.29 is 8.81 Å². The van der Waals surface area contributed by atoms with Crippen LogP contribution in [0.3, 0.4) is 0 Å². The van der Waals surface area contributed by atoms with Gasteiger partial charge >= 0.3 is 0 Å². The third-order valence-electron chi connectivity index (χ3n) is 1.32. The maximum absolute atomic E-state index is 12.5. The molecule has 0 saturated carbocycles. The summed E-state index contributed by atoms with van der Waals surface area (Å²) in [5.74, 6) is 0.0896. The van der Waals surface area contributed by atoms with Crippen LogP contribution < -0.4 is 0 Å². The van der Waals surface area contributed by atoms with E-state index in [1.54, 1.807) is 6.92 Å². The van der Waals surface area contributed by atoms with Crippen LogP contribution >= 0.6 is 0 Å². The normalized spacial score (nSPS) is 10.7. The van der Waals surface area contributed by atoms with Crippen molar-refractivity contribution in [3.05, 3.63) is 24.0 Å². The molecule has 2 heterocycles. The maximum atomic E-state index is 12.5. The average molecular weight is 152 g/mol. The number of aryl methyl sites for hydroxylation is 1. The van der Waals surface area contributed by atoms with Gasteiger partial charge in [-0.2, -0.15) is 4.98 Å². The summed E-state index contributed by atoms with van der Waals surface area (Å²) in [7, 11) is 0. The van der Waals surface area contributed by atoms with Gasteiger partial charge in [-0.1, -0.05) is 0 Å². The Bertz CT molecular complexity index is 396. The van der Waals surface area contributed by atoms with E-state index in [1.807, 2.05) is 0 Å². The second-order valence-electron chi connectivity index (χ2n) is 2.21. The van der Waals surface area contributed by atoms with Gasteiger partial charge in [0.1, 0.15) is 5.82 Å². The summed E-state index contributed by atoms with van der Waals surface area (Å²) in [6.07, 6.45) is 1.12. The smallest absolute Gasteiger partial charge is 0.198 e. The number of fused-ring (bicyclic) bond motifs is 1. The predicted molar refractivity (Wildman–Crippen MR) is 36.5 cm³/mol. The molecule has 0 aliphatic rings. The molecule has 0 radical (unpaired) electrons. The van der Waals surface area contributed by atoms with E-state index in [1.165, 1.54) is 6.07 Å². The van der Waals surface area contributed by atoms with Gasteiger partial charge in [-0.05, 0) is 0 Å². The van der Waals surface area contributed by atoms with Crippen molar-refractivity contribution in [1.82, 2.24) is 9.97 Å². The van der Waals surface area contributed by atoms with Crippen LogP contribution in [-0.4, -0.2) is 9.97 Å². The average Bonchev–Trinajstić information content (AvgIpc) is 2.27. The molecule has 0 amide bonds. The first kappa shape index (κ1) is 6.27. The Balaban J connectivity index is 2.82. The van der Waals surface area contributed by atoms with E-state index in [-0.39, 0.29) is 0 Å². The summed E-state index contributed by atoms with van der Waals surface area (Å²) in [6.45, 7) is 1.69. The highest BCUT2D eigenvalue weighted by Crippen LogP contribution is 2.12. The molecular formula is C7H5FN2O. The summed E-state index contributed by atoms with van der Waals surface area (Å²) in [4.78, 5) is 7.63. The van der Waals surface area contributed by atoms with Crippen molar-refractivity contribution in [1.29, 1.82) is 0 Å². The lowest BCUT2D eigenvalue weighted by atomic mass is 10.4. The molecule has 4 heteroatoms. The Morgan fingerprint density at radius 2 is 2.36 bits per heavy atom. The Morgan fingerprint density at radius 1 is 1.55 bits per heavy atom. The molecule has 0 aliphatic carbocycles. The van der Waals surface area contributed by atoms with Gasteiger partial charge in [0, 0.05) is 13.0 Å². The minimum atomic E-state index is -0.409.